The van der Waals surface area contributed by atoms with Gasteiger partial charge in [0.15, 0.2) is 0 Å². The Kier molecular flexibility index (Phi) is 9.87. The molecule has 0 aromatic heterocycles. The third kappa shape index (κ3) is 5.74. The Morgan fingerprint density at radius 2 is 1.76 bits per heavy atom. The number of aliphatic hydroxyl groups is 1. The maximum absolute atomic E-state index is 14.9. The molecule has 3 fully saturated rings. The molecule has 0 radical (unpaired) electrons. The van der Waals surface area contributed by atoms with Gasteiger partial charge in [0, 0.05) is 35.1 Å². The van der Waals surface area contributed by atoms with E-state index in [1.165, 1.54) is 0 Å². The normalized spacial score (nSPS) is 28.0. The predicted molar refractivity (Wildman–Crippen MR) is 182 cm³/mol. The van der Waals surface area contributed by atoms with Crippen LogP contribution >= 0.6 is 23.4 Å². The molecule has 1 spiro atoms. The van der Waals surface area contributed by atoms with Crippen molar-refractivity contribution in [3.05, 3.63) is 90.5 Å². The van der Waals surface area contributed by atoms with Gasteiger partial charge >= 0.3 is 0 Å². The molecule has 0 aliphatic carbocycles. The molecule has 2 bridgehead atoms. The lowest BCUT2D eigenvalue weighted by Crippen LogP contribution is -2.58. The summed E-state index contributed by atoms with van der Waals surface area (Å²) in [5.74, 6) is -1.91. The summed E-state index contributed by atoms with van der Waals surface area (Å²) in [4.78, 5) is 49.6. The molecule has 2 unspecified atom stereocenters. The second kappa shape index (κ2) is 13.3. The molecule has 3 amide bonds. The van der Waals surface area contributed by atoms with Crippen molar-refractivity contribution in [2.45, 2.75) is 68.2 Å². The number of anilines is 1. The maximum atomic E-state index is 14.9. The number of aliphatic hydroxyl groups excluding tert-OH is 1. The molecule has 7 nitrogen and oxygen atoms in total. The summed E-state index contributed by atoms with van der Waals surface area (Å²) >= 11 is 7.83. The van der Waals surface area contributed by atoms with Gasteiger partial charge in [-0.15, -0.1) is 24.9 Å². The van der Waals surface area contributed by atoms with Crippen LogP contribution in [-0.2, 0) is 20.9 Å². The molecule has 1 N–H and O–H groups in total. The van der Waals surface area contributed by atoms with E-state index in [1.807, 2.05) is 44.2 Å². The third-order valence-corrected chi connectivity index (χ3v) is 12.4. The quantitative estimate of drug-likeness (QED) is 0.271. The lowest BCUT2D eigenvalue weighted by atomic mass is 9.66. The standard InChI is InChI=1S/C36H44ClN3O4S/c1-6-20-38(22-25-12-10-9-11-13-25)32(42)29-30-33(43)40(28(23-41)24(4)8-3)31(36(30)19-18-35(29,5)45-36)34(44)39(21-7-2)27-16-14-26(37)15-17-27/h6-7,9-17,24,28-31,41H,1-2,8,18-23H2,3-5H3/t24-,28-,29-,30-,31?,35+,36?/m0/s1. The van der Waals surface area contributed by atoms with Crippen molar-refractivity contribution in [1.82, 2.24) is 9.80 Å². The first-order valence-corrected chi connectivity index (χ1v) is 17.0. The Morgan fingerprint density at radius 3 is 2.36 bits per heavy atom. The van der Waals surface area contributed by atoms with Crippen LogP contribution in [0.5, 0.6) is 0 Å². The van der Waals surface area contributed by atoms with Gasteiger partial charge in [-0.2, -0.15) is 0 Å². The Balaban J connectivity index is 1.61. The maximum Gasteiger partial charge on any atom is 0.251 e. The molecule has 3 saturated heterocycles. The van der Waals surface area contributed by atoms with Crippen molar-refractivity contribution in [3.63, 3.8) is 0 Å². The number of likely N-dealkylation sites (tertiary alicyclic amines) is 1. The number of amides is 3. The molecule has 45 heavy (non-hydrogen) atoms. The second-order valence-electron chi connectivity index (χ2n) is 12.8. The van der Waals surface area contributed by atoms with Crippen LogP contribution < -0.4 is 4.90 Å². The average molecular weight is 650 g/mol. The molecular weight excluding hydrogens is 606 g/mol. The van der Waals surface area contributed by atoms with Gasteiger partial charge in [0.05, 0.1) is 29.2 Å². The predicted octanol–water partition coefficient (Wildman–Crippen LogP) is 5.96. The number of hydrogen-bond acceptors (Lipinski definition) is 5. The summed E-state index contributed by atoms with van der Waals surface area (Å²) in [5, 5.41) is 11.3. The molecule has 3 aliphatic rings. The monoisotopic (exact) mass is 649 g/mol. The van der Waals surface area contributed by atoms with Crippen molar-refractivity contribution in [3.8, 4) is 0 Å². The molecular formula is C36H44ClN3O4S. The van der Waals surface area contributed by atoms with E-state index in [2.05, 4.69) is 20.1 Å². The fraction of sp³-hybridized carbons (Fsp3) is 0.472. The summed E-state index contributed by atoms with van der Waals surface area (Å²) in [6, 6.07) is 15.5. The van der Waals surface area contributed by atoms with Crippen LogP contribution in [0.3, 0.4) is 0 Å². The van der Waals surface area contributed by atoms with Gasteiger partial charge < -0.3 is 19.8 Å². The molecule has 3 aliphatic heterocycles. The first-order chi connectivity index (χ1) is 21.6. The lowest BCUT2D eigenvalue weighted by Gasteiger charge is -2.41. The number of carbonyl (C=O) groups is 3. The molecule has 240 valence electrons. The van der Waals surface area contributed by atoms with Gasteiger partial charge in [0.2, 0.25) is 11.8 Å². The number of thioether (sulfide) groups is 1. The second-order valence-corrected chi connectivity index (χ2v) is 15.1. The average Bonchev–Trinajstić information content (AvgIpc) is 3.61. The molecule has 2 aromatic carbocycles. The highest BCUT2D eigenvalue weighted by Gasteiger charge is 2.78. The minimum Gasteiger partial charge on any atom is -0.394 e. The van der Waals surface area contributed by atoms with Gasteiger partial charge in [0.1, 0.15) is 6.04 Å². The number of fused-ring (bicyclic) bond motifs is 1. The summed E-state index contributed by atoms with van der Waals surface area (Å²) in [7, 11) is 0. The first-order valence-electron chi connectivity index (χ1n) is 15.8. The van der Waals surface area contributed by atoms with Crippen molar-refractivity contribution in [1.29, 1.82) is 0 Å². The molecule has 7 atom stereocenters. The van der Waals surface area contributed by atoms with E-state index in [9.17, 15) is 19.5 Å². The van der Waals surface area contributed by atoms with Crippen LogP contribution in [0.2, 0.25) is 5.02 Å². The van der Waals surface area contributed by atoms with E-state index >= 15 is 0 Å². The highest BCUT2D eigenvalue weighted by Crippen LogP contribution is 2.72. The first kappa shape index (κ1) is 33.3. The van der Waals surface area contributed by atoms with Crippen molar-refractivity contribution < 1.29 is 19.5 Å². The van der Waals surface area contributed by atoms with Crippen LogP contribution in [0.15, 0.2) is 79.9 Å². The Labute approximate surface area is 276 Å². The molecule has 5 rings (SSSR count). The Morgan fingerprint density at radius 1 is 1.09 bits per heavy atom. The van der Waals surface area contributed by atoms with E-state index < -0.39 is 33.4 Å². The number of halogens is 1. The number of nitrogens with zero attached hydrogens (tertiary/aromatic N) is 3. The van der Waals surface area contributed by atoms with Crippen molar-refractivity contribution in [2.75, 3.05) is 24.6 Å². The molecule has 3 heterocycles. The zero-order valence-corrected chi connectivity index (χ0v) is 28.0. The largest absolute Gasteiger partial charge is 0.394 e. The van der Waals surface area contributed by atoms with Gasteiger partial charge in [-0.3, -0.25) is 14.4 Å². The van der Waals surface area contributed by atoms with Crippen LogP contribution in [-0.4, -0.2) is 73.9 Å². The third-order valence-electron chi connectivity index (χ3n) is 10.2. The Hall–Kier alpha value is -3.07. The van der Waals surface area contributed by atoms with E-state index in [-0.39, 0.29) is 36.8 Å². The van der Waals surface area contributed by atoms with Crippen LogP contribution in [0, 0.1) is 17.8 Å². The smallest absolute Gasteiger partial charge is 0.251 e. The van der Waals surface area contributed by atoms with E-state index in [1.54, 1.807) is 62.9 Å². The highest BCUT2D eigenvalue weighted by atomic mass is 35.5. The molecule has 0 saturated carbocycles. The number of carbonyl (C=O) groups excluding carboxylic acids is 3. The lowest BCUT2D eigenvalue weighted by molar-refractivity contribution is -0.147. The van der Waals surface area contributed by atoms with Crippen LogP contribution in [0.1, 0.15) is 45.6 Å². The number of rotatable bonds is 13. The van der Waals surface area contributed by atoms with Crippen molar-refractivity contribution >= 4 is 46.8 Å². The topological polar surface area (TPSA) is 81.2 Å². The minimum atomic E-state index is -0.858. The number of benzene rings is 2. The summed E-state index contributed by atoms with van der Waals surface area (Å²) in [6.07, 6.45) is 5.45. The summed E-state index contributed by atoms with van der Waals surface area (Å²) in [5.41, 5.74) is 1.65. The van der Waals surface area contributed by atoms with E-state index in [4.69, 9.17) is 11.6 Å². The molecule has 2 aromatic rings. The van der Waals surface area contributed by atoms with Gasteiger partial charge in [-0.25, -0.2) is 0 Å². The summed E-state index contributed by atoms with van der Waals surface area (Å²) < 4.78 is -1.34. The van der Waals surface area contributed by atoms with E-state index in [0.29, 0.717) is 36.6 Å². The fourth-order valence-electron chi connectivity index (χ4n) is 7.80. The zero-order valence-electron chi connectivity index (χ0n) is 26.4. The zero-order chi connectivity index (χ0) is 32.5. The van der Waals surface area contributed by atoms with Gasteiger partial charge in [-0.05, 0) is 55.5 Å². The highest BCUT2D eigenvalue weighted by molar-refractivity contribution is 8.02. The van der Waals surface area contributed by atoms with Crippen LogP contribution in [0.4, 0.5) is 5.69 Å². The van der Waals surface area contributed by atoms with Gasteiger partial charge in [-0.1, -0.05) is 74.4 Å². The van der Waals surface area contributed by atoms with Gasteiger partial charge in [0.25, 0.3) is 5.91 Å². The number of hydrogen-bond donors (Lipinski definition) is 1. The molecule has 9 heteroatoms. The van der Waals surface area contributed by atoms with Crippen molar-refractivity contribution in [2.24, 2.45) is 17.8 Å². The minimum absolute atomic E-state index is 0.0601. The van der Waals surface area contributed by atoms with Crippen LogP contribution in [0.25, 0.3) is 0 Å². The van der Waals surface area contributed by atoms with E-state index in [0.717, 1.165) is 12.0 Å². The SMILES string of the molecule is C=CCN(Cc1ccccc1)C(=O)[C@@H]1[C@H]2C(=O)N([C@@H](CO)[C@@H](C)CC)C(C(=O)N(CC=C)c3ccc(Cl)cc3)C23CC[C@@]1(C)S3. The Bertz CT molecular complexity index is 1440. The summed E-state index contributed by atoms with van der Waals surface area (Å²) in [6.45, 7) is 14.6. The fourth-order valence-corrected chi connectivity index (χ4v) is 10.3.